The molecule has 0 aliphatic heterocycles. The third kappa shape index (κ3) is 5.79. The summed E-state index contributed by atoms with van der Waals surface area (Å²) in [6.45, 7) is 3.89. The molecule has 1 heterocycles. The van der Waals surface area contributed by atoms with E-state index in [1.807, 2.05) is 25.1 Å². The van der Waals surface area contributed by atoms with E-state index < -0.39 is 6.23 Å². The van der Waals surface area contributed by atoms with E-state index in [9.17, 15) is 9.59 Å². The largest absolute Gasteiger partial charge is 0.384 e. The maximum Gasteiger partial charge on any atom is 0.272 e. The normalized spacial score (nSPS) is 11.6. The molecule has 3 aromatic rings. The second-order valence-corrected chi connectivity index (χ2v) is 7.08. The summed E-state index contributed by atoms with van der Waals surface area (Å²) >= 11 is 0. The van der Waals surface area contributed by atoms with Crippen molar-refractivity contribution in [1.29, 1.82) is 5.41 Å². The van der Waals surface area contributed by atoms with Gasteiger partial charge in [0.1, 0.15) is 5.84 Å². The van der Waals surface area contributed by atoms with Crippen LogP contribution in [0.4, 0.5) is 5.69 Å². The van der Waals surface area contributed by atoms with Crippen molar-refractivity contribution < 1.29 is 14.3 Å². The molecule has 5 N–H and O–H groups in total. The number of amides is 2. The first-order valence-electron chi connectivity index (χ1n) is 10.1. The van der Waals surface area contributed by atoms with Gasteiger partial charge >= 0.3 is 0 Å². The summed E-state index contributed by atoms with van der Waals surface area (Å²) in [6.07, 6.45) is 0.755. The molecule has 166 valence electrons. The second kappa shape index (κ2) is 10.4. The van der Waals surface area contributed by atoms with Crippen LogP contribution in [-0.2, 0) is 20.9 Å². The predicted molar refractivity (Wildman–Crippen MR) is 122 cm³/mol. The lowest BCUT2D eigenvalue weighted by molar-refractivity contribution is -0.139. The molecule has 0 radical (unpaired) electrons. The van der Waals surface area contributed by atoms with E-state index in [1.54, 1.807) is 42.6 Å². The fourth-order valence-corrected chi connectivity index (χ4v) is 3.09. The minimum Gasteiger partial charge on any atom is -0.384 e. The van der Waals surface area contributed by atoms with E-state index in [4.69, 9.17) is 15.9 Å². The smallest absolute Gasteiger partial charge is 0.272 e. The highest BCUT2D eigenvalue weighted by Gasteiger charge is 2.22. The first-order chi connectivity index (χ1) is 15.4. The van der Waals surface area contributed by atoms with Crippen molar-refractivity contribution in [1.82, 2.24) is 15.1 Å². The Morgan fingerprint density at radius 2 is 1.94 bits per heavy atom. The zero-order valence-electron chi connectivity index (χ0n) is 18.0. The van der Waals surface area contributed by atoms with Crippen LogP contribution in [0.2, 0.25) is 0 Å². The minimum absolute atomic E-state index is 0.00547. The zero-order chi connectivity index (χ0) is 23.1. The zero-order valence-corrected chi connectivity index (χ0v) is 18.0. The summed E-state index contributed by atoms with van der Waals surface area (Å²) in [7, 11) is 0. The van der Waals surface area contributed by atoms with Gasteiger partial charge in [0.2, 0.25) is 12.1 Å². The Hall–Kier alpha value is -3.98. The molecular formula is C23H26N6O3. The standard InChI is InChI=1S/C23H26N6O3/c1-3-32-23(22(31)26-14-16-7-9-17(10-8-16)21(24)25)29-12-11-20(28-29)18-5-4-6-19(13-18)27-15(2)30/h4-13,23H,3,14H2,1-2H3,(H3,24,25)(H,26,31)(H,27,30)/t23-/m0/s1. The van der Waals surface area contributed by atoms with Crippen LogP contribution < -0.4 is 16.4 Å². The predicted octanol–water partition coefficient (Wildman–Crippen LogP) is 2.64. The molecule has 0 aliphatic rings. The average Bonchev–Trinajstić information content (AvgIpc) is 3.26. The number of hydrogen-bond acceptors (Lipinski definition) is 5. The molecule has 0 bridgehead atoms. The third-order valence-electron chi connectivity index (χ3n) is 4.61. The molecule has 0 saturated heterocycles. The molecule has 9 nitrogen and oxygen atoms in total. The number of aromatic nitrogens is 2. The van der Waals surface area contributed by atoms with Crippen LogP contribution in [0.15, 0.2) is 60.8 Å². The Balaban J connectivity index is 1.71. The minimum atomic E-state index is -0.927. The summed E-state index contributed by atoms with van der Waals surface area (Å²) < 4.78 is 7.11. The Labute approximate surface area is 186 Å². The van der Waals surface area contributed by atoms with Crippen molar-refractivity contribution in [2.75, 3.05) is 11.9 Å². The number of carbonyl (C=O) groups excluding carboxylic acids is 2. The Morgan fingerprint density at radius 3 is 2.59 bits per heavy atom. The fourth-order valence-electron chi connectivity index (χ4n) is 3.09. The van der Waals surface area contributed by atoms with Gasteiger partial charge in [-0.3, -0.25) is 15.0 Å². The molecule has 9 heteroatoms. The van der Waals surface area contributed by atoms with Gasteiger partial charge < -0.3 is 21.1 Å². The van der Waals surface area contributed by atoms with Gasteiger partial charge in [-0.05, 0) is 30.7 Å². The van der Waals surface area contributed by atoms with Gasteiger partial charge in [0.05, 0.1) is 5.69 Å². The van der Waals surface area contributed by atoms with E-state index >= 15 is 0 Å². The van der Waals surface area contributed by atoms with Crippen LogP contribution in [0.1, 0.15) is 31.2 Å². The van der Waals surface area contributed by atoms with Crippen LogP contribution >= 0.6 is 0 Å². The molecule has 0 aliphatic carbocycles. The van der Waals surface area contributed by atoms with Gasteiger partial charge in [-0.1, -0.05) is 36.4 Å². The summed E-state index contributed by atoms with van der Waals surface area (Å²) in [6, 6.07) is 16.2. The number of carbonyl (C=O) groups is 2. The number of ether oxygens (including phenoxy) is 1. The fraction of sp³-hybridized carbons (Fsp3) is 0.217. The first kappa shape index (κ1) is 22.7. The summed E-state index contributed by atoms with van der Waals surface area (Å²) in [4.78, 5) is 24.1. The van der Waals surface area contributed by atoms with E-state index in [1.165, 1.54) is 11.6 Å². The lowest BCUT2D eigenvalue weighted by Gasteiger charge is -2.17. The van der Waals surface area contributed by atoms with Crippen LogP contribution in [-0.4, -0.2) is 34.0 Å². The second-order valence-electron chi connectivity index (χ2n) is 7.08. The van der Waals surface area contributed by atoms with Crippen LogP contribution in [0.5, 0.6) is 0 Å². The number of nitrogens with two attached hydrogens (primary N) is 1. The van der Waals surface area contributed by atoms with E-state index in [2.05, 4.69) is 15.7 Å². The number of nitrogens with zero attached hydrogens (tertiary/aromatic N) is 2. The molecule has 0 spiro atoms. The molecule has 2 amide bonds. The number of nitrogens with one attached hydrogen (secondary N) is 3. The Kier molecular flexibility index (Phi) is 7.35. The molecule has 0 fully saturated rings. The van der Waals surface area contributed by atoms with E-state index in [0.29, 0.717) is 30.1 Å². The van der Waals surface area contributed by atoms with E-state index in [-0.39, 0.29) is 17.6 Å². The number of rotatable bonds is 9. The third-order valence-corrected chi connectivity index (χ3v) is 4.61. The topological polar surface area (TPSA) is 135 Å². The quantitative estimate of drug-likeness (QED) is 0.303. The molecule has 0 unspecified atom stereocenters. The van der Waals surface area contributed by atoms with E-state index in [0.717, 1.165) is 11.1 Å². The maximum absolute atomic E-state index is 12.8. The number of nitrogen functional groups attached to an aromatic ring is 1. The summed E-state index contributed by atoms with van der Waals surface area (Å²) in [5, 5.41) is 17.5. The van der Waals surface area contributed by atoms with Crippen molar-refractivity contribution in [2.45, 2.75) is 26.6 Å². The van der Waals surface area contributed by atoms with Crippen LogP contribution in [0, 0.1) is 5.41 Å². The highest BCUT2D eigenvalue weighted by atomic mass is 16.5. The molecule has 0 saturated carbocycles. The molecule has 2 aromatic carbocycles. The first-order valence-corrected chi connectivity index (χ1v) is 10.1. The van der Waals surface area contributed by atoms with Gasteiger partial charge in [0, 0.05) is 43.1 Å². The van der Waals surface area contributed by atoms with Crippen molar-refractivity contribution in [2.24, 2.45) is 5.73 Å². The van der Waals surface area contributed by atoms with Gasteiger partial charge in [-0.2, -0.15) is 5.10 Å². The SMILES string of the molecule is CCO[C@@H](C(=O)NCc1ccc(C(=N)N)cc1)n1ccc(-c2cccc(NC(C)=O)c2)n1. The maximum atomic E-state index is 12.8. The van der Waals surface area contributed by atoms with Crippen molar-refractivity contribution in [3.63, 3.8) is 0 Å². The molecule has 32 heavy (non-hydrogen) atoms. The monoisotopic (exact) mass is 434 g/mol. The highest BCUT2D eigenvalue weighted by molar-refractivity contribution is 5.94. The molecular weight excluding hydrogens is 408 g/mol. The van der Waals surface area contributed by atoms with Crippen LogP contribution in [0.3, 0.4) is 0 Å². The van der Waals surface area contributed by atoms with Gasteiger partial charge in [0.25, 0.3) is 5.91 Å². The van der Waals surface area contributed by atoms with Gasteiger partial charge in [-0.15, -0.1) is 0 Å². The number of hydrogen-bond donors (Lipinski definition) is 4. The number of anilines is 1. The summed E-state index contributed by atoms with van der Waals surface area (Å²) in [5.74, 6) is -0.491. The average molecular weight is 435 g/mol. The van der Waals surface area contributed by atoms with Crippen LogP contribution in [0.25, 0.3) is 11.3 Å². The lowest BCUT2D eigenvalue weighted by Crippen LogP contribution is -2.34. The molecule has 1 aromatic heterocycles. The van der Waals surface area contributed by atoms with Crippen molar-refractivity contribution >= 4 is 23.3 Å². The lowest BCUT2D eigenvalue weighted by atomic mass is 10.1. The van der Waals surface area contributed by atoms with Gasteiger partial charge in [-0.25, -0.2) is 4.68 Å². The van der Waals surface area contributed by atoms with Crippen molar-refractivity contribution in [3.8, 4) is 11.3 Å². The van der Waals surface area contributed by atoms with Gasteiger partial charge in [0.15, 0.2) is 0 Å². The highest BCUT2D eigenvalue weighted by Crippen LogP contribution is 2.22. The van der Waals surface area contributed by atoms with Crippen molar-refractivity contribution in [3.05, 3.63) is 71.9 Å². The summed E-state index contributed by atoms with van der Waals surface area (Å²) in [5.41, 5.74) is 9.08. The number of benzene rings is 2. The Morgan fingerprint density at radius 1 is 1.19 bits per heavy atom. The molecule has 3 rings (SSSR count). The number of amidine groups is 1. The molecule has 1 atom stereocenters. The Bertz CT molecular complexity index is 1110.